The van der Waals surface area contributed by atoms with Crippen LogP contribution in [0.2, 0.25) is 0 Å². The van der Waals surface area contributed by atoms with E-state index in [1.807, 2.05) is 29.1 Å². The van der Waals surface area contributed by atoms with Gasteiger partial charge >= 0.3 is 0 Å². The highest BCUT2D eigenvalue weighted by molar-refractivity contribution is 5.99. The van der Waals surface area contributed by atoms with E-state index in [1.54, 1.807) is 0 Å². The summed E-state index contributed by atoms with van der Waals surface area (Å²) in [5.41, 5.74) is 5.92. The van der Waals surface area contributed by atoms with Crippen molar-refractivity contribution >= 4 is 5.91 Å². The van der Waals surface area contributed by atoms with E-state index < -0.39 is 0 Å². The molecule has 0 atom stereocenters. The maximum Gasteiger partial charge on any atom is 0.255 e. The van der Waals surface area contributed by atoms with Crippen LogP contribution in [0.4, 0.5) is 0 Å². The Hall–Kier alpha value is -2.96. The molecule has 0 aliphatic carbocycles. The Kier molecular flexibility index (Phi) is 7.02. The average molecular weight is 432 g/mol. The Morgan fingerprint density at radius 2 is 1.75 bits per heavy atom. The van der Waals surface area contributed by atoms with Gasteiger partial charge in [0, 0.05) is 51.0 Å². The Morgan fingerprint density at radius 1 is 1.00 bits per heavy atom. The minimum Gasteiger partial charge on any atom is -0.351 e. The lowest BCUT2D eigenvalue weighted by atomic mass is 10.0. The number of hydrogen-bond donors (Lipinski definition) is 1. The van der Waals surface area contributed by atoms with E-state index in [-0.39, 0.29) is 5.91 Å². The summed E-state index contributed by atoms with van der Waals surface area (Å²) >= 11 is 0. The van der Waals surface area contributed by atoms with Crippen molar-refractivity contribution in [2.75, 3.05) is 46.3 Å². The second-order valence-electron chi connectivity index (χ2n) is 8.77. The molecular weight excluding hydrogens is 398 g/mol. The zero-order valence-corrected chi connectivity index (χ0v) is 19.3. The molecule has 0 spiro atoms. The number of carbonyl (C=O) groups excluding carboxylic acids is 1. The topological polar surface area (TPSA) is 53.4 Å². The van der Waals surface area contributed by atoms with Crippen molar-refractivity contribution < 1.29 is 4.79 Å². The normalized spacial score (nSPS) is 15.1. The van der Waals surface area contributed by atoms with Gasteiger partial charge in [0.05, 0.1) is 12.1 Å². The van der Waals surface area contributed by atoms with Crippen molar-refractivity contribution in [1.82, 2.24) is 24.9 Å². The Morgan fingerprint density at radius 3 is 2.47 bits per heavy atom. The van der Waals surface area contributed by atoms with Crippen LogP contribution in [-0.4, -0.2) is 71.8 Å². The van der Waals surface area contributed by atoms with E-state index in [2.05, 4.69) is 66.3 Å². The number of aromatic nitrogens is 2. The average Bonchev–Trinajstić information content (AvgIpc) is 3.21. The van der Waals surface area contributed by atoms with E-state index >= 15 is 0 Å². The fourth-order valence-electron chi connectivity index (χ4n) is 4.04. The predicted molar refractivity (Wildman–Crippen MR) is 129 cm³/mol. The highest BCUT2D eigenvalue weighted by Gasteiger charge is 2.19. The molecule has 1 amide bonds. The molecule has 6 nitrogen and oxygen atoms in total. The first kappa shape index (κ1) is 22.2. The molecule has 4 rings (SSSR count). The van der Waals surface area contributed by atoms with Crippen LogP contribution in [-0.2, 0) is 6.54 Å². The van der Waals surface area contributed by atoms with E-state index in [0.29, 0.717) is 18.7 Å². The molecule has 168 valence electrons. The molecule has 32 heavy (non-hydrogen) atoms. The molecule has 1 aliphatic heterocycles. The van der Waals surface area contributed by atoms with Crippen molar-refractivity contribution in [3.63, 3.8) is 0 Å². The number of nitrogens with zero attached hydrogens (tertiary/aromatic N) is 4. The van der Waals surface area contributed by atoms with Gasteiger partial charge in [-0.15, -0.1) is 0 Å². The molecule has 1 N–H and O–H groups in total. The monoisotopic (exact) mass is 431 g/mol. The highest BCUT2D eigenvalue weighted by Crippen LogP contribution is 2.25. The molecule has 0 bridgehead atoms. The van der Waals surface area contributed by atoms with Crippen LogP contribution < -0.4 is 5.32 Å². The number of carbonyl (C=O) groups is 1. The minimum absolute atomic E-state index is 0.0633. The summed E-state index contributed by atoms with van der Waals surface area (Å²) in [5, 5.41) is 7.94. The molecule has 1 saturated heterocycles. The number of nitrogens with one attached hydrogen (secondary N) is 1. The number of rotatable bonds is 7. The summed E-state index contributed by atoms with van der Waals surface area (Å²) < 4.78 is 1.87. The lowest BCUT2D eigenvalue weighted by Gasteiger charge is -2.32. The smallest absolute Gasteiger partial charge is 0.255 e. The molecule has 6 heteroatoms. The molecular formula is C26H33N5O. The third kappa shape index (κ3) is 5.44. The maximum atomic E-state index is 13.2. The molecule has 3 aromatic rings. The van der Waals surface area contributed by atoms with E-state index in [0.717, 1.165) is 49.5 Å². The lowest BCUT2D eigenvalue weighted by molar-refractivity contribution is 0.0941. The molecule has 0 radical (unpaired) electrons. The fraction of sp³-hybridized carbons (Fsp3) is 0.385. The quantitative estimate of drug-likeness (QED) is 0.624. The summed E-state index contributed by atoms with van der Waals surface area (Å²) in [5.74, 6) is -0.0633. The van der Waals surface area contributed by atoms with Gasteiger partial charge in [-0.3, -0.25) is 14.4 Å². The molecule has 0 unspecified atom stereocenters. The van der Waals surface area contributed by atoms with Crippen LogP contribution in [0.25, 0.3) is 11.3 Å². The Balaban J connectivity index is 1.51. The van der Waals surface area contributed by atoms with Crippen LogP contribution in [0.1, 0.15) is 27.0 Å². The second-order valence-corrected chi connectivity index (χ2v) is 8.77. The van der Waals surface area contributed by atoms with Gasteiger partial charge < -0.3 is 10.2 Å². The first-order valence-electron chi connectivity index (χ1n) is 11.4. The number of benzene rings is 2. The van der Waals surface area contributed by atoms with Gasteiger partial charge in [-0.1, -0.05) is 42.5 Å². The number of aryl methyl sites for hydroxylation is 2. The van der Waals surface area contributed by atoms with Gasteiger partial charge in [0.1, 0.15) is 5.69 Å². The Bertz CT molecular complexity index is 1050. The maximum absolute atomic E-state index is 13.2. The molecule has 2 aromatic carbocycles. The van der Waals surface area contributed by atoms with Crippen LogP contribution >= 0.6 is 0 Å². The van der Waals surface area contributed by atoms with E-state index in [9.17, 15) is 4.79 Å². The molecule has 1 fully saturated rings. The third-order valence-electron chi connectivity index (χ3n) is 6.28. The second kappa shape index (κ2) is 10.1. The fourth-order valence-corrected chi connectivity index (χ4v) is 4.04. The highest BCUT2D eigenvalue weighted by atomic mass is 16.1. The van der Waals surface area contributed by atoms with Gasteiger partial charge in [0.25, 0.3) is 5.91 Å². The molecule has 1 aliphatic rings. The number of piperazine rings is 1. The lowest BCUT2D eigenvalue weighted by Crippen LogP contribution is -2.46. The summed E-state index contributed by atoms with van der Waals surface area (Å²) in [6, 6.07) is 16.5. The van der Waals surface area contributed by atoms with Gasteiger partial charge in [0.2, 0.25) is 0 Å². The van der Waals surface area contributed by atoms with Gasteiger partial charge in [-0.05, 0) is 43.7 Å². The number of amides is 1. The first-order valence-corrected chi connectivity index (χ1v) is 11.4. The van der Waals surface area contributed by atoms with Crippen molar-refractivity contribution in [3.05, 3.63) is 77.0 Å². The van der Waals surface area contributed by atoms with Crippen LogP contribution in [0.3, 0.4) is 0 Å². The predicted octanol–water partition coefficient (Wildman–Crippen LogP) is 3.19. The van der Waals surface area contributed by atoms with Gasteiger partial charge in [0.15, 0.2) is 0 Å². The van der Waals surface area contributed by atoms with Crippen LogP contribution in [0.5, 0.6) is 0 Å². The summed E-state index contributed by atoms with van der Waals surface area (Å²) in [7, 11) is 2.15. The van der Waals surface area contributed by atoms with Crippen molar-refractivity contribution in [2.45, 2.75) is 20.4 Å². The third-order valence-corrected chi connectivity index (χ3v) is 6.28. The minimum atomic E-state index is -0.0633. The zero-order chi connectivity index (χ0) is 22.5. The van der Waals surface area contributed by atoms with Crippen molar-refractivity contribution in [2.24, 2.45) is 0 Å². The van der Waals surface area contributed by atoms with E-state index in [4.69, 9.17) is 5.10 Å². The molecule has 0 saturated carbocycles. The standard InChI is InChI=1S/C26H33N5O/c1-20-9-10-23(17-21(20)2)25-24(19-31(28-25)18-22-7-5-4-6-8-22)26(32)27-11-12-30-15-13-29(3)14-16-30/h4-10,17,19H,11-16,18H2,1-3H3,(H,27,32). The van der Waals surface area contributed by atoms with E-state index in [1.165, 1.54) is 11.1 Å². The number of hydrogen-bond acceptors (Lipinski definition) is 4. The van der Waals surface area contributed by atoms with Gasteiger partial charge in [-0.25, -0.2) is 0 Å². The molecule has 1 aromatic heterocycles. The summed E-state index contributed by atoms with van der Waals surface area (Å²) in [6.45, 7) is 10.6. The summed E-state index contributed by atoms with van der Waals surface area (Å²) in [6.07, 6.45) is 1.88. The number of likely N-dealkylation sites (N-methyl/N-ethyl adjacent to an activating group) is 1. The van der Waals surface area contributed by atoms with Crippen LogP contribution in [0, 0.1) is 13.8 Å². The van der Waals surface area contributed by atoms with Crippen molar-refractivity contribution in [1.29, 1.82) is 0 Å². The Labute approximate surface area is 190 Å². The largest absolute Gasteiger partial charge is 0.351 e. The van der Waals surface area contributed by atoms with Crippen LogP contribution in [0.15, 0.2) is 54.7 Å². The van der Waals surface area contributed by atoms with Gasteiger partial charge in [-0.2, -0.15) is 5.10 Å². The zero-order valence-electron chi connectivity index (χ0n) is 19.3. The summed E-state index contributed by atoms with van der Waals surface area (Å²) in [4.78, 5) is 17.9. The first-order chi connectivity index (χ1) is 15.5. The van der Waals surface area contributed by atoms with Crippen molar-refractivity contribution in [3.8, 4) is 11.3 Å². The molecule has 2 heterocycles. The SMILES string of the molecule is Cc1ccc(-c2nn(Cc3ccccc3)cc2C(=O)NCCN2CCN(C)CC2)cc1C.